The van der Waals surface area contributed by atoms with Crippen LogP contribution >= 0.6 is 0 Å². The molecule has 0 fully saturated rings. The quantitative estimate of drug-likeness (QED) is 0.0159. The van der Waals surface area contributed by atoms with E-state index < -0.39 is 11.9 Å². The minimum atomic E-state index is -0.421. The molecule has 0 spiro atoms. The summed E-state index contributed by atoms with van der Waals surface area (Å²) < 4.78 is 56.9. The van der Waals surface area contributed by atoms with Crippen molar-refractivity contribution in [3.05, 3.63) is 48.5 Å². The van der Waals surface area contributed by atoms with Gasteiger partial charge in [0.05, 0.1) is 45.0 Å². The molecule has 10 nitrogen and oxygen atoms in total. The molecule has 0 amide bonds. The van der Waals surface area contributed by atoms with Crippen molar-refractivity contribution >= 4 is 65.8 Å². The zero-order valence-electron chi connectivity index (χ0n) is 73.4. The fourth-order valence-electron chi connectivity index (χ4n) is 16.7. The Labute approximate surface area is 684 Å². The molecule has 0 unspecified atom stereocenters. The highest BCUT2D eigenvalue weighted by atomic mass is 16.5. The van der Waals surface area contributed by atoms with E-state index in [9.17, 15) is 9.59 Å². The predicted octanol–water partition coefficient (Wildman–Crippen LogP) is 33.1. The Morgan fingerprint density at radius 3 is 0.571 bits per heavy atom. The van der Waals surface area contributed by atoms with Gasteiger partial charge >= 0.3 is 11.9 Å². The first-order valence-electron chi connectivity index (χ1n) is 47.8. The van der Waals surface area contributed by atoms with Crippen LogP contribution in [0.3, 0.4) is 0 Å². The maximum absolute atomic E-state index is 13.9. The number of ether oxygens (including phenoxy) is 8. The third kappa shape index (κ3) is 36.7. The fourth-order valence-corrected chi connectivity index (χ4v) is 16.7. The summed E-state index contributed by atoms with van der Waals surface area (Å²) >= 11 is 0. The van der Waals surface area contributed by atoms with Crippen LogP contribution < -0.4 is 37.9 Å². The Kier molecular flexibility index (Phi) is 52.5. The lowest BCUT2D eigenvalue weighted by Crippen LogP contribution is -2.07. The number of hydrogen-bond donors (Lipinski definition) is 0. The molecule has 0 aromatic heterocycles. The van der Waals surface area contributed by atoms with Crippen LogP contribution in [0.5, 0.6) is 46.0 Å². The molecule has 10 heteroatoms. The SMILES string of the molecule is CCCCCCCCCCCCOc1ccc(OC(C)=O)c2c1cc(OCCCCCCCCCCCC)c1cc(OCCCCCCCCCCCC)c3c(OCCCCCCCCCCCC)cc4c(OCCCCCCCCCCCC)cc5c(OCCCCCCCCCCCC)ccc(OC(C)=O)c5c4c3c12. The van der Waals surface area contributed by atoms with E-state index >= 15 is 0 Å². The van der Waals surface area contributed by atoms with Gasteiger partial charge in [0.1, 0.15) is 46.0 Å². The Balaban J connectivity index is 1.65. The Morgan fingerprint density at radius 1 is 0.188 bits per heavy atom. The first kappa shape index (κ1) is 95.2. The van der Waals surface area contributed by atoms with E-state index in [1.54, 1.807) is 0 Å². The highest BCUT2D eigenvalue weighted by molar-refractivity contribution is 6.37. The summed E-state index contributed by atoms with van der Waals surface area (Å²) in [6.45, 7) is 19.8. The summed E-state index contributed by atoms with van der Waals surface area (Å²) in [7, 11) is 0. The largest absolute Gasteiger partial charge is 0.493 e. The normalized spacial score (nSPS) is 11.7. The van der Waals surface area contributed by atoms with Crippen molar-refractivity contribution in [2.24, 2.45) is 0 Å². The lowest BCUT2D eigenvalue weighted by Gasteiger charge is -2.24. The number of carbonyl (C=O) groups is 2. The summed E-state index contributed by atoms with van der Waals surface area (Å²) in [6.07, 6.45) is 73.2. The zero-order valence-corrected chi connectivity index (χ0v) is 73.4. The molecule has 0 aliphatic heterocycles. The molecule has 0 radical (unpaired) electrons. The number of esters is 2. The van der Waals surface area contributed by atoms with Gasteiger partial charge in [0.2, 0.25) is 0 Å². The third-order valence-electron chi connectivity index (χ3n) is 23.3. The monoisotopic (exact) mass is 1550 g/mol. The van der Waals surface area contributed by atoms with Crippen LogP contribution in [0.25, 0.3) is 53.9 Å². The van der Waals surface area contributed by atoms with Crippen molar-refractivity contribution in [3.8, 4) is 46.0 Å². The van der Waals surface area contributed by atoms with Crippen LogP contribution in [0, 0.1) is 0 Å². The highest BCUT2D eigenvalue weighted by Gasteiger charge is 2.29. The van der Waals surface area contributed by atoms with E-state index in [0.29, 0.717) is 85.6 Å². The summed E-state index contributed by atoms with van der Waals surface area (Å²) in [5.41, 5.74) is 0. The third-order valence-corrected chi connectivity index (χ3v) is 23.3. The smallest absolute Gasteiger partial charge is 0.308 e. The first-order chi connectivity index (χ1) is 55.2. The topological polar surface area (TPSA) is 108 Å². The molecule has 0 atom stereocenters. The molecule has 0 aliphatic carbocycles. The summed E-state index contributed by atoms with van der Waals surface area (Å²) in [4.78, 5) is 27.8. The van der Waals surface area contributed by atoms with Gasteiger partial charge in [0, 0.05) is 62.3 Å². The van der Waals surface area contributed by atoms with Crippen molar-refractivity contribution < 1.29 is 47.5 Å². The standard InChI is InChI=1S/C102H164O10/c1-9-15-21-27-33-39-45-51-57-63-73-105-89-69-71-91(111-83(7)103)97-85(89)79-93(107-75-65-59-53-47-41-35-29-23-17-11-3)87-81-95(109-77-67-61-55-49-43-37-31-25-19-13-5)101-96(110-78-68-62-56-50-44-38-32-26-20-14-6)82-88-94(108-76-66-60-54-48-42-36-30-24-18-12-4)80-86-90(106-74-64-58-52-46-40-34-28-22-16-10-2)70-72-92(112-84(8)104)98(86)100(88)102(101)99(87)97/h69-72,79-82H,9-68,73-78H2,1-8H3. The second kappa shape index (κ2) is 61.7. The van der Waals surface area contributed by atoms with Gasteiger partial charge in [-0.05, 0) is 87.1 Å². The number of carbonyl (C=O) groups excluding carboxylic acids is 2. The zero-order chi connectivity index (χ0) is 79.5. The van der Waals surface area contributed by atoms with Gasteiger partial charge < -0.3 is 37.9 Å². The number of fused-ring (bicyclic) bond motifs is 9. The molecule has 632 valence electrons. The van der Waals surface area contributed by atoms with Crippen molar-refractivity contribution in [2.45, 2.75) is 441 Å². The number of hydrogen-bond acceptors (Lipinski definition) is 10. The van der Waals surface area contributed by atoms with Gasteiger partial charge in [-0.2, -0.15) is 0 Å². The minimum absolute atomic E-state index is 0.420. The molecule has 112 heavy (non-hydrogen) atoms. The molecule has 0 saturated heterocycles. The molecule has 0 bridgehead atoms. The van der Waals surface area contributed by atoms with Gasteiger partial charge in [-0.25, -0.2) is 0 Å². The molecular weight excluding hydrogens is 1390 g/mol. The maximum atomic E-state index is 13.9. The molecule has 0 aliphatic rings. The number of rotatable bonds is 74. The van der Waals surface area contributed by atoms with Gasteiger partial charge in [-0.1, -0.05) is 388 Å². The minimum Gasteiger partial charge on any atom is -0.493 e. The highest BCUT2D eigenvalue weighted by Crippen LogP contribution is 2.55. The molecule has 6 rings (SSSR count). The molecular formula is C102H164O10. The van der Waals surface area contributed by atoms with Crippen LogP contribution in [-0.4, -0.2) is 51.6 Å². The first-order valence-corrected chi connectivity index (χ1v) is 47.8. The fraction of sp³-hybridized carbons (Fsp3) is 0.725. The van der Waals surface area contributed by atoms with Crippen molar-refractivity contribution in [1.82, 2.24) is 0 Å². The van der Waals surface area contributed by atoms with Crippen LogP contribution in [0.1, 0.15) is 441 Å². The lowest BCUT2D eigenvalue weighted by molar-refractivity contribution is -0.132. The van der Waals surface area contributed by atoms with E-state index in [4.69, 9.17) is 37.9 Å². The summed E-state index contributed by atoms with van der Waals surface area (Å²) in [5, 5.41) is 7.92. The van der Waals surface area contributed by atoms with Gasteiger partial charge in [-0.15, -0.1) is 0 Å². The number of unbranched alkanes of at least 4 members (excludes halogenated alkanes) is 54. The Hall–Kier alpha value is -5.64. The molecule has 0 saturated carbocycles. The van der Waals surface area contributed by atoms with Gasteiger partial charge in [-0.3, -0.25) is 9.59 Å². The molecule has 0 N–H and O–H groups in total. The van der Waals surface area contributed by atoms with E-state index in [-0.39, 0.29) is 0 Å². The second-order valence-electron chi connectivity index (χ2n) is 33.4. The Bertz CT molecular complexity index is 3220. The Morgan fingerprint density at radius 2 is 0.357 bits per heavy atom. The van der Waals surface area contributed by atoms with E-state index in [1.165, 1.54) is 309 Å². The summed E-state index contributed by atoms with van der Waals surface area (Å²) in [6, 6.07) is 16.6. The average molecular weight is 1550 g/mol. The number of benzene rings is 6. The maximum Gasteiger partial charge on any atom is 0.308 e. The van der Waals surface area contributed by atoms with Crippen molar-refractivity contribution in [1.29, 1.82) is 0 Å². The average Bonchev–Trinajstić information content (AvgIpc) is 0.696. The summed E-state index contributed by atoms with van der Waals surface area (Å²) in [5.74, 6) is 4.19. The van der Waals surface area contributed by atoms with Crippen molar-refractivity contribution in [3.63, 3.8) is 0 Å². The van der Waals surface area contributed by atoms with Gasteiger partial charge in [0.15, 0.2) is 0 Å². The van der Waals surface area contributed by atoms with E-state index in [2.05, 4.69) is 65.8 Å². The lowest BCUT2D eigenvalue weighted by atomic mass is 9.88. The molecule has 0 heterocycles. The second-order valence-corrected chi connectivity index (χ2v) is 33.4. The van der Waals surface area contributed by atoms with Crippen LogP contribution in [0.15, 0.2) is 48.5 Å². The van der Waals surface area contributed by atoms with E-state index in [1.807, 2.05) is 24.3 Å². The van der Waals surface area contributed by atoms with Crippen LogP contribution in [0.2, 0.25) is 0 Å². The van der Waals surface area contributed by atoms with Crippen LogP contribution in [-0.2, 0) is 9.59 Å². The molecule has 6 aromatic carbocycles. The van der Waals surface area contributed by atoms with E-state index in [0.717, 1.165) is 144 Å². The molecule has 6 aromatic rings. The van der Waals surface area contributed by atoms with Crippen molar-refractivity contribution in [2.75, 3.05) is 39.6 Å². The van der Waals surface area contributed by atoms with Gasteiger partial charge in [0.25, 0.3) is 0 Å². The predicted molar refractivity (Wildman–Crippen MR) is 481 cm³/mol. The van der Waals surface area contributed by atoms with Crippen LogP contribution in [0.4, 0.5) is 0 Å².